The van der Waals surface area contributed by atoms with Gasteiger partial charge in [0, 0.05) is 30.2 Å². The number of fused-ring (bicyclic) bond motifs is 1. The van der Waals surface area contributed by atoms with Crippen molar-refractivity contribution >= 4 is 11.3 Å². The van der Waals surface area contributed by atoms with Crippen LogP contribution >= 0.6 is 0 Å². The van der Waals surface area contributed by atoms with E-state index in [0.29, 0.717) is 0 Å². The highest BCUT2D eigenvalue weighted by Crippen LogP contribution is 2.16. The molecule has 0 amide bonds. The molecule has 0 bridgehead atoms. The van der Waals surface area contributed by atoms with Gasteiger partial charge in [-0.2, -0.15) is 0 Å². The van der Waals surface area contributed by atoms with Crippen molar-refractivity contribution in [2.24, 2.45) is 0 Å². The number of nitro groups is 1. The lowest BCUT2D eigenvalue weighted by molar-refractivity contribution is -0.384. The number of benzene rings is 1. The van der Waals surface area contributed by atoms with Crippen LogP contribution in [0.5, 0.6) is 0 Å². The smallest absolute Gasteiger partial charge is 0.269 e. The Morgan fingerprint density at radius 2 is 1.95 bits per heavy atom. The lowest BCUT2D eigenvalue weighted by atomic mass is 10.1. The lowest BCUT2D eigenvalue weighted by Gasteiger charge is -2.03. The average molecular weight is 281 g/mol. The summed E-state index contributed by atoms with van der Waals surface area (Å²) in [5, 5.41) is 10.6. The van der Waals surface area contributed by atoms with E-state index in [1.807, 2.05) is 43.6 Å². The minimum absolute atomic E-state index is 0.129. The summed E-state index contributed by atoms with van der Waals surface area (Å²) in [7, 11) is 0. The molecule has 0 aliphatic carbocycles. The number of hydrogen-bond acceptors (Lipinski definition) is 3. The van der Waals surface area contributed by atoms with Crippen molar-refractivity contribution in [1.82, 2.24) is 9.38 Å². The molecule has 0 saturated heterocycles. The van der Waals surface area contributed by atoms with Gasteiger partial charge in [-0.3, -0.25) is 10.1 Å². The zero-order chi connectivity index (χ0) is 14.8. The van der Waals surface area contributed by atoms with Crippen molar-refractivity contribution in [3.8, 4) is 0 Å². The van der Waals surface area contributed by atoms with Gasteiger partial charge in [0.25, 0.3) is 5.69 Å². The summed E-state index contributed by atoms with van der Waals surface area (Å²) in [6.45, 7) is 2.04. The lowest BCUT2D eigenvalue weighted by Crippen LogP contribution is -1.97. The number of non-ortho nitro benzene ring substituents is 1. The molecule has 0 N–H and O–H groups in total. The van der Waals surface area contributed by atoms with E-state index in [-0.39, 0.29) is 10.6 Å². The van der Waals surface area contributed by atoms with Crippen molar-refractivity contribution in [2.75, 3.05) is 0 Å². The maximum absolute atomic E-state index is 10.6. The summed E-state index contributed by atoms with van der Waals surface area (Å²) in [5.74, 6) is 0. The highest BCUT2D eigenvalue weighted by molar-refractivity contribution is 5.48. The van der Waals surface area contributed by atoms with E-state index in [9.17, 15) is 10.1 Å². The summed E-state index contributed by atoms with van der Waals surface area (Å²) in [4.78, 5) is 14.7. The molecule has 3 aromatic rings. The number of hydrogen-bond donors (Lipinski definition) is 0. The fourth-order valence-electron chi connectivity index (χ4n) is 2.44. The quantitative estimate of drug-likeness (QED) is 0.544. The Hall–Kier alpha value is -2.69. The summed E-state index contributed by atoms with van der Waals surface area (Å²) in [6, 6.07) is 10.8. The van der Waals surface area contributed by atoms with Crippen LogP contribution in [0.25, 0.3) is 5.65 Å². The number of rotatable bonds is 4. The van der Waals surface area contributed by atoms with Crippen LogP contribution in [0.4, 0.5) is 5.69 Å². The number of aromatic nitrogens is 2. The Labute approximate surface area is 122 Å². The molecule has 0 unspecified atom stereocenters. The normalized spacial score (nSPS) is 10.9. The maximum atomic E-state index is 10.6. The molecule has 0 fully saturated rings. The highest BCUT2D eigenvalue weighted by Gasteiger charge is 2.07. The van der Waals surface area contributed by atoms with Crippen molar-refractivity contribution in [3.63, 3.8) is 0 Å². The van der Waals surface area contributed by atoms with Crippen LogP contribution in [-0.2, 0) is 12.8 Å². The van der Waals surface area contributed by atoms with E-state index in [4.69, 9.17) is 0 Å². The molecule has 2 heterocycles. The zero-order valence-corrected chi connectivity index (χ0v) is 11.7. The Morgan fingerprint density at radius 3 is 2.67 bits per heavy atom. The van der Waals surface area contributed by atoms with Crippen molar-refractivity contribution in [2.45, 2.75) is 19.8 Å². The Kier molecular flexibility index (Phi) is 3.39. The summed E-state index contributed by atoms with van der Waals surface area (Å²) >= 11 is 0. The SMILES string of the molecule is Cc1cccn2c(CCc3ccc([N+](=O)[O-])cc3)cnc12. The van der Waals surface area contributed by atoms with Crippen LogP contribution in [0.2, 0.25) is 0 Å². The third kappa shape index (κ3) is 2.63. The largest absolute Gasteiger partial charge is 0.304 e. The van der Waals surface area contributed by atoms with E-state index in [1.54, 1.807) is 12.1 Å². The Bertz CT molecular complexity index is 791. The van der Waals surface area contributed by atoms with Crippen LogP contribution in [-0.4, -0.2) is 14.3 Å². The van der Waals surface area contributed by atoms with Crippen molar-refractivity contribution < 1.29 is 4.92 Å². The highest BCUT2D eigenvalue weighted by atomic mass is 16.6. The van der Waals surface area contributed by atoms with Gasteiger partial charge in [-0.15, -0.1) is 0 Å². The van der Waals surface area contributed by atoms with Crippen LogP contribution in [0.3, 0.4) is 0 Å². The number of nitro benzene ring substituents is 1. The molecule has 0 aliphatic rings. The van der Waals surface area contributed by atoms with Gasteiger partial charge < -0.3 is 4.40 Å². The first-order valence-electron chi connectivity index (χ1n) is 6.80. The molecule has 5 nitrogen and oxygen atoms in total. The molecule has 0 spiro atoms. The van der Waals surface area contributed by atoms with Crippen molar-refractivity contribution in [3.05, 3.63) is 75.7 Å². The number of nitrogens with zero attached hydrogens (tertiary/aromatic N) is 3. The van der Waals surface area contributed by atoms with Gasteiger partial charge in [0.15, 0.2) is 0 Å². The fourth-order valence-corrected chi connectivity index (χ4v) is 2.44. The van der Waals surface area contributed by atoms with Gasteiger partial charge in [0.1, 0.15) is 5.65 Å². The number of pyridine rings is 1. The van der Waals surface area contributed by atoms with E-state index in [2.05, 4.69) is 9.38 Å². The Morgan fingerprint density at radius 1 is 1.19 bits per heavy atom. The predicted octanol–water partition coefficient (Wildman–Crippen LogP) is 3.34. The number of aryl methyl sites for hydroxylation is 3. The van der Waals surface area contributed by atoms with Gasteiger partial charge in [-0.05, 0) is 37.0 Å². The third-order valence-electron chi connectivity index (χ3n) is 3.62. The molecule has 21 heavy (non-hydrogen) atoms. The molecule has 0 saturated carbocycles. The molecule has 0 radical (unpaired) electrons. The van der Waals surface area contributed by atoms with Crippen LogP contribution < -0.4 is 0 Å². The fraction of sp³-hybridized carbons (Fsp3) is 0.188. The molecule has 1 aromatic carbocycles. The third-order valence-corrected chi connectivity index (χ3v) is 3.62. The first kappa shape index (κ1) is 13.3. The molecule has 2 aromatic heterocycles. The second kappa shape index (κ2) is 5.36. The number of imidazole rings is 1. The van der Waals surface area contributed by atoms with Crippen molar-refractivity contribution in [1.29, 1.82) is 0 Å². The van der Waals surface area contributed by atoms with E-state index in [0.717, 1.165) is 35.3 Å². The minimum atomic E-state index is -0.378. The molecular formula is C16H15N3O2. The predicted molar refractivity (Wildman–Crippen MR) is 80.4 cm³/mol. The molecule has 106 valence electrons. The van der Waals surface area contributed by atoms with E-state index in [1.165, 1.54) is 0 Å². The van der Waals surface area contributed by atoms with Gasteiger partial charge in [0.2, 0.25) is 0 Å². The molecular weight excluding hydrogens is 266 g/mol. The first-order valence-corrected chi connectivity index (χ1v) is 6.80. The van der Waals surface area contributed by atoms with Crippen LogP contribution in [0.15, 0.2) is 48.8 Å². The van der Waals surface area contributed by atoms with E-state index < -0.39 is 0 Å². The average Bonchev–Trinajstić information content (AvgIpc) is 2.90. The molecule has 0 aliphatic heterocycles. The summed E-state index contributed by atoms with van der Waals surface area (Å²) in [5.41, 5.74) is 4.50. The minimum Gasteiger partial charge on any atom is -0.304 e. The first-order chi connectivity index (χ1) is 10.1. The maximum Gasteiger partial charge on any atom is 0.269 e. The Balaban J connectivity index is 1.77. The second-order valence-electron chi connectivity index (χ2n) is 5.06. The molecule has 5 heteroatoms. The van der Waals surface area contributed by atoms with E-state index >= 15 is 0 Å². The zero-order valence-electron chi connectivity index (χ0n) is 11.7. The van der Waals surface area contributed by atoms with Gasteiger partial charge in [-0.25, -0.2) is 4.98 Å². The molecule has 3 rings (SSSR count). The van der Waals surface area contributed by atoms with Gasteiger partial charge in [0.05, 0.1) is 4.92 Å². The summed E-state index contributed by atoms with van der Waals surface area (Å²) < 4.78 is 2.10. The molecule has 0 atom stereocenters. The van der Waals surface area contributed by atoms with Gasteiger partial charge in [-0.1, -0.05) is 18.2 Å². The standard InChI is InChI=1S/C16H15N3O2/c1-12-3-2-10-18-15(11-17-16(12)18)9-6-13-4-7-14(8-5-13)19(20)21/h2-5,7-8,10-11H,6,9H2,1H3. The second-order valence-corrected chi connectivity index (χ2v) is 5.06. The van der Waals surface area contributed by atoms with Crippen LogP contribution in [0.1, 0.15) is 16.8 Å². The topological polar surface area (TPSA) is 60.4 Å². The summed E-state index contributed by atoms with van der Waals surface area (Å²) in [6.07, 6.45) is 5.59. The monoisotopic (exact) mass is 281 g/mol. The van der Waals surface area contributed by atoms with Gasteiger partial charge >= 0.3 is 0 Å². The van der Waals surface area contributed by atoms with Crippen LogP contribution in [0, 0.1) is 17.0 Å².